The van der Waals surface area contributed by atoms with Crippen LogP contribution in [0, 0.1) is 0 Å². The Morgan fingerprint density at radius 2 is 2.05 bits per heavy atom. The molecule has 0 aliphatic carbocycles. The monoisotopic (exact) mass is 295 g/mol. The van der Waals surface area contributed by atoms with Crippen LogP contribution in [0.3, 0.4) is 0 Å². The highest BCUT2D eigenvalue weighted by atomic mass is 35.5. The lowest BCUT2D eigenvalue weighted by Crippen LogP contribution is -2.02. The molecule has 0 bridgehead atoms. The molecule has 0 fully saturated rings. The molecule has 0 aliphatic heterocycles. The van der Waals surface area contributed by atoms with Crippen molar-refractivity contribution in [2.45, 2.75) is 24.9 Å². The quantitative estimate of drug-likeness (QED) is 0.677. The number of thioether (sulfide) groups is 1. The zero-order chi connectivity index (χ0) is 13.8. The van der Waals surface area contributed by atoms with Gasteiger partial charge in [0.15, 0.2) is 5.78 Å². The Morgan fingerprint density at radius 3 is 2.63 bits per heavy atom. The first-order valence-corrected chi connectivity index (χ1v) is 7.26. The molecule has 100 valence electrons. The first-order chi connectivity index (χ1) is 9.06. The second-order valence-corrected chi connectivity index (χ2v) is 5.76. The number of H-pyrrole nitrogens is 1. The molecule has 0 unspecified atom stereocenters. The van der Waals surface area contributed by atoms with E-state index in [1.165, 1.54) is 11.8 Å². The highest BCUT2D eigenvalue weighted by Crippen LogP contribution is 2.18. The molecule has 0 spiro atoms. The first kappa shape index (κ1) is 14.1. The van der Waals surface area contributed by atoms with Crippen molar-refractivity contribution in [3.8, 4) is 0 Å². The van der Waals surface area contributed by atoms with Crippen LogP contribution in [-0.2, 0) is 0 Å². The molecule has 6 heteroatoms. The lowest BCUT2D eigenvalue weighted by Gasteiger charge is -1.99. The lowest BCUT2D eigenvalue weighted by molar-refractivity contribution is 0.102. The average Bonchev–Trinajstić information content (AvgIpc) is 2.86. The average molecular weight is 296 g/mol. The summed E-state index contributed by atoms with van der Waals surface area (Å²) in [5.41, 5.74) is 0.650. The summed E-state index contributed by atoms with van der Waals surface area (Å²) < 4.78 is 0. The number of nitrogens with one attached hydrogen (secondary N) is 1. The number of rotatable bonds is 5. The van der Waals surface area contributed by atoms with Gasteiger partial charge in [0.2, 0.25) is 5.16 Å². The van der Waals surface area contributed by atoms with E-state index in [9.17, 15) is 4.79 Å². The molecule has 19 heavy (non-hydrogen) atoms. The molecule has 0 atom stereocenters. The zero-order valence-electron chi connectivity index (χ0n) is 10.7. The summed E-state index contributed by atoms with van der Waals surface area (Å²) in [5.74, 6) is 1.49. The fourth-order valence-electron chi connectivity index (χ4n) is 1.43. The molecular weight excluding hydrogens is 282 g/mol. The molecule has 0 aliphatic rings. The van der Waals surface area contributed by atoms with E-state index in [0.29, 0.717) is 27.4 Å². The number of hydrogen-bond acceptors (Lipinski definition) is 4. The number of benzene rings is 1. The van der Waals surface area contributed by atoms with Gasteiger partial charge < -0.3 is 0 Å². The zero-order valence-corrected chi connectivity index (χ0v) is 12.3. The third-order valence-corrected chi connectivity index (χ3v) is 3.63. The smallest absolute Gasteiger partial charge is 0.208 e. The highest BCUT2D eigenvalue weighted by Gasteiger charge is 2.11. The summed E-state index contributed by atoms with van der Waals surface area (Å²) in [6, 6.07) is 6.87. The first-order valence-electron chi connectivity index (χ1n) is 5.90. The van der Waals surface area contributed by atoms with Crippen LogP contribution in [0.15, 0.2) is 29.4 Å². The molecule has 0 saturated carbocycles. The van der Waals surface area contributed by atoms with Crippen molar-refractivity contribution in [1.29, 1.82) is 0 Å². The van der Waals surface area contributed by atoms with Crippen molar-refractivity contribution in [2.75, 3.05) is 5.75 Å². The molecule has 0 saturated heterocycles. The van der Waals surface area contributed by atoms with E-state index in [1.807, 2.05) is 13.8 Å². The SMILES string of the molecule is CC(C)c1nc(SCC(=O)c2ccc(Cl)cc2)n[nH]1. The number of hydrogen-bond donors (Lipinski definition) is 1. The van der Waals surface area contributed by atoms with Gasteiger partial charge in [0, 0.05) is 16.5 Å². The maximum absolute atomic E-state index is 11.9. The van der Waals surface area contributed by atoms with Gasteiger partial charge in [0.1, 0.15) is 5.82 Å². The summed E-state index contributed by atoms with van der Waals surface area (Å²) in [5, 5.41) is 8.16. The van der Waals surface area contributed by atoms with Gasteiger partial charge in [-0.1, -0.05) is 37.2 Å². The van der Waals surface area contributed by atoms with Crippen LogP contribution in [0.5, 0.6) is 0 Å². The second kappa shape index (κ2) is 6.21. The Kier molecular flexibility index (Phi) is 4.61. The summed E-state index contributed by atoms with van der Waals surface area (Å²) in [6.45, 7) is 4.07. The number of aromatic nitrogens is 3. The normalized spacial score (nSPS) is 10.9. The standard InChI is InChI=1S/C13H14ClN3OS/c1-8(2)12-15-13(17-16-12)19-7-11(18)9-3-5-10(14)6-4-9/h3-6,8H,7H2,1-2H3,(H,15,16,17). The number of carbonyl (C=O) groups excluding carboxylic acids is 1. The van der Waals surface area contributed by atoms with Crippen LogP contribution < -0.4 is 0 Å². The Bertz CT molecular complexity index is 566. The summed E-state index contributed by atoms with van der Waals surface area (Å²) in [7, 11) is 0. The topological polar surface area (TPSA) is 58.6 Å². The van der Waals surface area contributed by atoms with Gasteiger partial charge in [-0.05, 0) is 24.3 Å². The van der Waals surface area contributed by atoms with Crippen molar-refractivity contribution >= 4 is 29.1 Å². The van der Waals surface area contributed by atoms with E-state index in [2.05, 4.69) is 15.2 Å². The Morgan fingerprint density at radius 1 is 1.37 bits per heavy atom. The van der Waals surface area contributed by atoms with Gasteiger partial charge in [-0.2, -0.15) is 0 Å². The molecule has 1 N–H and O–H groups in total. The molecule has 1 aromatic carbocycles. The number of aromatic amines is 1. The van der Waals surface area contributed by atoms with E-state index in [-0.39, 0.29) is 5.78 Å². The van der Waals surface area contributed by atoms with Crippen LogP contribution in [0.2, 0.25) is 5.02 Å². The maximum Gasteiger partial charge on any atom is 0.208 e. The maximum atomic E-state index is 11.9. The lowest BCUT2D eigenvalue weighted by atomic mass is 10.1. The van der Waals surface area contributed by atoms with E-state index in [0.717, 1.165) is 5.82 Å². The van der Waals surface area contributed by atoms with E-state index in [1.54, 1.807) is 24.3 Å². The number of carbonyl (C=O) groups is 1. The highest BCUT2D eigenvalue weighted by molar-refractivity contribution is 7.99. The number of halogens is 1. The van der Waals surface area contributed by atoms with Gasteiger partial charge in [-0.25, -0.2) is 4.98 Å². The number of Topliss-reactive ketones (excluding diaryl/α,β-unsaturated/α-hetero) is 1. The van der Waals surface area contributed by atoms with E-state index in [4.69, 9.17) is 11.6 Å². The van der Waals surface area contributed by atoms with Crippen LogP contribution in [-0.4, -0.2) is 26.7 Å². The number of ketones is 1. The predicted molar refractivity (Wildman–Crippen MR) is 77.0 cm³/mol. The fraction of sp³-hybridized carbons (Fsp3) is 0.308. The minimum Gasteiger partial charge on any atom is -0.293 e. The molecule has 4 nitrogen and oxygen atoms in total. The summed E-state index contributed by atoms with van der Waals surface area (Å²) in [4.78, 5) is 16.3. The fourth-order valence-corrected chi connectivity index (χ4v) is 2.26. The summed E-state index contributed by atoms with van der Waals surface area (Å²) >= 11 is 7.11. The molecule has 0 radical (unpaired) electrons. The van der Waals surface area contributed by atoms with Crippen molar-refractivity contribution < 1.29 is 4.79 Å². The Balaban J connectivity index is 1.94. The van der Waals surface area contributed by atoms with Crippen LogP contribution in [0.25, 0.3) is 0 Å². The third kappa shape index (κ3) is 3.81. The molecule has 0 amide bonds. The molecule has 1 aromatic heterocycles. The van der Waals surface area contributed by atoms with Crippen molar-refractivity contribution in [2.24, 2.45) is 0 Å². The molecular formula is C13H14ClN3OS. The van der Waals surface area contributed by atoms with Crippen LogP contribution in [0.1, 0.15) is 35.9 Å². The minimum absolute atomic E-state index is 0.0394. The Hall–Kier alpha value is -1.33. The summed E-state index contributed by atoms with van der Waals surface area (Å²) in [6.07, 6.45) is 0. The van der Waals surface area contributed by atoms with E-state index < -0.39 is 0 Å². The molecule has 2 aromatic rings. The number of nitrogens with zero attached hydrogens (tertiary/aromatic N) is 2. The van der Waals surface area contributed by atoms with Crippen LogP contribution in [0.4, 0.5) is 0 Å². The van der Waals surface area contributed by atoms with Crippen LogP contribution >= 0.6 is 23.4 Å². The predicted octanol–water partition coefficient (Wildman–Crippen LogP) is 3.56. The van der Waals surface area contributed by atoms with Crippen molar-refractivity contribution in [3.05, 3.63) is 40.7 Å². The van der Waals surface area contributed by atoms with Gasteiger partial charge in [0.25, 0.3) is 0 Å². The van der Waals surface area contributed by atoms with Crippen molar-refractivity contribution in [3.63, 3.8) is 0 Å². The molecule has 2 rings (SSSR count). The van der Waals surface area contributed by atoms with Gasteiger partial charge in [0.05, 0.1) is 5.75 Å². The van der Waals surface area contributed by atoms with Gasteiger partial charge in [-0.3, -0.25) is 9.89 Å². The Labute approximate surface area is 121 Å². The largest absolute Gasteiger partial charge is 0.293 e. The minimum atomic E-state index is 0.0394. The second-order valence-electron chi connectivity index (χ2n) is 4.38. The van der Waals surface area contributed by atoms with Gasteiger partial charge >= 0.3 is 0 Å². The van der Waals surface area contributed by atoms with Gasteiger partial charge in [-0.15, -0.1) is 5.10 Å². The van der Waals surface area contributed by atoms with Crippen molar-refractivity contribution in [1.82, 2.24) is 15.2 Å². The molecule has 1 heterocycles. The third-order valence-electron chi connectivity index (χ3n) is 2.53. The van der Waals surface area contributed by atoms with E-state index >= 15 is 0 Å².